The van der Waals surface area contributed by atoms with Crippen LogP contribution in [0.3, 0.4) is 0 Å². The summed E-state index contributed by atoms with van der Waals surface area (Å²) in [5.74, 6) is 0.861. The zero-order valence-corrected chi connectivity index (χ0v) is 14.5. The maximum absolute atomic E-state index is 12.0. The Bertz CT molecular complexity index is 710. The Balaban J connectivity index is 1.50. The Morgan fingerprint density at radius 3 is 2.88 bits per heavy atom. The number of amides is 2. The third-order valence-corrected chi connectivity index (χ3v) is 4.35. The minimum absolute atomic E-state index is 0.0245. The van der Waals surface area contributed by atoms with E-state index < -0.39 is 0 Å². The van der Waals surface area contributed by atoms with Crippen LogP contribution in [0.1, 0.15) is 31.6 Å². The fraction of sp³-hybridized carbons (Fsp3) is 0.500. The van der Waals surface area contributed by atoms with E-state index in [9.17, 15) is 9.59 Å². The van der Waals surface area contributed by atoms with Gasteiger partial charge in [-0.25, -0.2) is 4.98 Å². The molecule has 2 aromatic rings. The van der Waals surface area contributed by atoms with E-state index in [-0.39, 0.29) is 17.7 Å². The largest absolute Gasteiger partial charge is 0.440 e. The first-order valence-electron chi connectivity index (χ1n) is 8.71. The first kappa shape index (κ1) is 17.4. The normalized spacial score (nSPS) is 18.2. The number of aromatic nitrogens is 1. The Kier molecular flexibility index (Phi) is 5.65. The third-order valence-electron chi connectivity index (χ3n) is 4.35. The number of para-hydroxylation sites is 2. The molecule has 2 N–H and O–H groups in total. The van der Waals surface area contributed by atoms with Gasteiger partial charge in [0.15, 0.2) is 11.5 Å². The summed E-state index contributed by atoms with van der Waals surface area (Å²) in [5, 5.41) is 5.48. The molecule has 7 nitrogen and oxygen atoms in total. The van der Waals surface area contributed by atoms with Gasteiger partial charge in [0.05, 0.1) is 6.54 Å². The van der Waals surface area contributed by atoms with E-state index in [1.54, 1.807) is 0 Å². The molecule has 1 aromatic carbocycles. The number of piperidine rings is 1. The topological polar surface area (TPSA) is 87.5 Å². The van der Waals surface area contributed by atoms with Gasteiger partial charge >= 0.3 is 0 Å². The quantitative estimate of drug-likeness (QED) is 0.771. The van der Waals surface area contributed by atoms with Crippen LogP contribution in [0.15, 0.2) is 28.7 Å². The summed E-state index contributed by atoms with van der Waals surface area (Å²) in [6, 6.07) is 7.77. The number of hydrogen-bond donors (Lipinski definition) is 2. The van der Waals surface area contributed by atoms with E-state index in [1.165, 1.54) is 6.92 Å². The van der Waals surface area contributed by atoms with Crippen LogP contribution >= 0.6 is 0 Å². The average molecular weight is 344 g/mol. The predicted molar refractivity (Wildman–Crippen MR) is 94.1 cm³/mol. The summed E-state index contributed by atoms with van der Waals surface area (Å²) in [6.45, 7) is 4.38. The van der Waals surface area contributed by atoms with Gasteiger partial charge in [0.1, 0.15) is 5.52 Å². The van der Waals surface area contributed by atoms with E-state index in [2.05, 4.69) is 20.5 Å². The Hall–Kier alpha value is -2.41. The van der Waals surface area contributed by atoms with Crippen LogP contribution in [0, 0.1) is 0 Å². The Morgan fingerprint density at radius 1 is 1.28 bits per heavy atom. The molecular weight excluding hydrogens is 320 g/mol. The van der Waals surface area contributed by atoms with Crippen molar-refractivity contribution in [1.82, 2.24) is 20.5 Å². The highest BCUT2D eigenvalue weighted by molar-refractivity contribution is 5.78. The van der Waals surface area contributed by atoms with Gasteiger partial charge < -0.3 is 15.1 Å². The number of nitrogens with one attached hydrogen (secondary N) is 2. The summed E-state index contributed by atoms with van der Waals surface area (Å²) >= 11 is 0. The van der Waals surface area contributed by atoms with Gasteiger partial charge in [0.25, 0.3) is 0 Å². The summed E-state index contributed by atoms with van der Waals surface area (Å²) in [7, 11) is 0. The molecule has 0 saturated carbocycles. The van der Waals surface area contributed by atoms with Crippen molar-refractivity contribution >= 4 is 22.9 Å². The van der Waals surface area contributed by atoms with Gasteiger partial charge in [-0.3, -0.25) is 14.5 Å². The van der Waals surface area contributed by atoms with Crippen LogP contribution in [0.4, 0.5) is 0 Å². The van der Waals surface area contributed by atoms with Crippen LogP contribution in [0.5, 0.6) is 0 Å². The molecule has 0 unspecified atom stereocenters. The van der Waals surface area contributed by atoms with Crippen LogP contribution in [0.25, 0.3) is 11.1 Å². The van der Waals surface area contributed by atoms with Crippen molar-refractivity contribution in [3.63, 3.8) is 0 Å². The number of benzene rings is 1. The maximum Gasteiger partial charge on any atom is 0.234 e. The first-order valence-corrected chi connectivity index (χ1v) is 8.71. The van der Waals surface area contributed by atoms with E-state index in [4.69, 9.17) is 4.42 Å². The van der Waals surface area contributed by atoms with Crippen molar-refractivity contribution in [3.05, 3.63) is 30.2 Å². The molecule has 1 aromatic heterocycles. The number of rotatable bonds is 6. The molecule has 1 fully saturated rings. The van der Waals surface area contributed by atoms with Crippen molar-refractivity contribution in [3.8, 4) is 0 Å². The zero-order valence-electron chi connectivity index (χ0n) is 14.5. The van der Waals surface area contributed by atoms with Crippen LogP contribution < -0.4 is 10.6 Å². The van der Waals surface area contributed by atoms with E-state index in [0.29, 0.717) is 19.6 Å². The number of carbonyl (C=O) groups excluding carboxylic acids is 2. The van der Waals surface area contributed by atoms with E-state index in [1.807, 2.05) is 24.3 Å². The molecule has 7 heteroatoms. The van der Waals surface area contributed by atoms with Gasteiger partial charge in [0.2, 0.25) is 11.8 Å². The molecular formula is C18H24N4O3. The molecule has 0 bridgehead atoms. The van der Waals surface area contributed by atoms with Crippen molar-refractivity contribution in [2.75, 3.05) is 32.7 Å². The molecule has 2 heterocycles. The molecule has 1 aliphatic heterocycles. The Morgan fingerprint density at radius 2 is 2.08 bits per heavy atom. The monoisotopic (exact) mass is 344 g/mol. The second-order valence-corrected chi connectivity index (χ2v) is 6.43. The highest BCUT2D eigenvalue weighted by atomic mass is 16.3. The van der Waals surface area contributed by atoms with Crippen LogP contribution in [-0.2, 0) is 9.59 Å². The van der Waals surface area contributed by atoms with Gasteiger partial charge in [0, 0.05) is 32.5 Å². The van der Waals surface area contributed by atoms with Crippen molar-refractivity contribution < 1.29 is 14.0 Å². The fourth-order valence-corrected chi connectivity index (χ4v) is 3.16. The lowest BCUT2D eigenvalue weighted by Gasteiger charge is -2.30. The standard InChI is InChI=1S/C18H24N4O3/c1-13(23)19-8-9-20-17(24)12-22-10-4-5-14(11-22)18-21-15-6-2-3-7-16(15)25-18/h2-3,6-7,14H,4-5,8-12H2,1H3,(H,19,23)(H,20,24)/t14-/m1/s1. The number of carbonyl (C=O) groups is 2. The number of likely N-dealkylation sites (tertiary alicyclic amines) is 1. The van der Waals surface area contributed by atoms with Crippen molar-refractivity contribution in [2.45, 2.75) is 25.7 Å². The average Bonchev–Trinajstić information content (AvgIpc) is 3.03. The minimum Gasteiger partial charge on any atom is -0.440 e. The summed E-state index contributed by atoms with van der Waals surface area (Å²) in [5.41, 5.74) is 1.69. The molecule has 134 valence electrons. The lowest BCUT2D eigenvalue weighted by Crippen LogP contribution is -2.43. The molecule has 1 atom stereocenters. The first-order chi connectivity index (χ1) is 12.1. The highest BCUT2D eigenvalue weighted by Gasteiger charge is 2.26. The number of nitrogens with zero attached hydrogens (tertiary/aromatic N) is 2. The molecule has 0 aliphatic carbocycles. The van der Waals surface area contributed by atoms with Gasteiger partial charge in [-0.15, -0.1) is 0 Å². The third kappa shape index (κ3) is 4.79. The SMILES string of the molecule is CC(=O)NCCNC(=O)CN1CCC[C@@H](c2nc3ccccc3o2)C1. The number of fused-ring (bicyclic) bond motifs is 1. The summed E-state index contributed by atoms with van der Waals surface area (Å²) in [6.07, 6.45) is 2.04. The molecule has 0 spiro atoms. The number of oxazole rings is 1. The van der Waals surface area contributed by atoms with Gasteiger partial charge in [-0.05, 0) is 31.5 Å². The second-order valence-electron chi connectivity index (χ2n) is 6.43. The van der Waals surface area contributed by atoms with Crippen LogP contribution in [0.2, 0.25) is 0 Å². The van der Waals surface area contributed by atoms with Gasteiger partial charge in [-0.2, -0.15) is 0 Å². The highest BCUT2D eigenvalue weighted by Crippen LogP contribution is 2.28. The second kappa shape index (κ2) is 8.11. The molecule has 2 amide bonds. The molecule has 1 saturated heterocycles. The smallest absolute Gasteiger partial charge is 0.234 e. The minimum atomic E-state index is -0.0912. The zero-order chi connectivity index (χ0) is 17.6. The van der Waals surface area contributed by atoms with E-state index >= 15 is 0 Å². The summed E-state index contributed by atoms with van der Waals surface area (Å²) in [4.78, 5) is 29.6. The molecule has 1 aliphatic rings. The lowest BCUT2D eigenvalue weighted by atomic mass is 9.98. The number of hydrogen-bond acceptors (Lipinski definition) is 5. The van der Waals surface area contributed by atoms with Crippen LogP contribution in [-0.4, -0.2) is 54.4 Å². The Labute approximate surface area is 146 Å². The predicted octanol–water partition coefficient (Wildman–Crippen LogP) is 1.26. The fourth-order valence-electron chi connectivity index (χ4n) is 3.16. The summed E-state index contributed by atoms with van der Waals surface area (Å²) < 4.78 is 5.88. The van der Waals surface area contributed by atoms with Crippen molar-refractivity contribution in [2.24, 2.45) is 0 Å². The van der Waals surface area contributed by atoms with Crippen molar-refractivity contribution in [1.29, 1.82) is 0 Å². The molecule has 3 rings (SSSR count). The maximum atomic E-state index is 12.0. The molecule has 25 heavy (non-hydrogen) atoms. The van der Waals surface area contributed by atoms with Gasteiger partial charge in [-0.1, -0.05) is 12.1 Å². The molecule has 0 radical (unpaired) electrons. The lowest BCUT2D eigenvalue weighted by molar-refractivity contribution is -0.123. The van der Waals surface area contributed by atoms with E-state index in [0.717, 1.165) is 42.9 Å².